The Bertz CT molecular complexity index is 540. The Morgan fingerprint density at radius 3 is 2.43 bits per heavy atom. The van der Waals surface area contributed by atoms with Gasteiger partial charge in [-0.15, -0.1) is 0 Å². The van der Waals surface area contributed by atoms with E-state index in [1.807, 2.05) is 6.92 Å². The third-order valence-electron chi connectivity index (χ3n) is 4.68. The molecule has 1 fully saturated rings. The second-order valence-electron chi connectivity index (χ2n) is 6.76. The van der Waals surface area contributed by atoms with Crippen LogP contribution in [-0.2, 0) is 10.2 Å². The van der Waals surface area contributed by atoms with Crippen molar-refractivity contribution in [1.82, 2.24) is 9.80 Å². The molecule has 0 radical (unpaired) electrons. The minimum atomic E-state index is -0.879. The van der Waals surface area contributed by atoms with Crippen LogP contribution in [0, 0.1) is 5.82 Å². The number of hydrogen-bond donors (Lipinski definition) is 1. The molecule has 1 heterocycles. The normalized spacial score (nSPS) is 18.0. The number of halogens is 1. The van der Waals surface area contributed by atoms with Gasteiger partial charge >= 0.3 is 0 Å². The Labute approximate surface area is 137 Å². The molecule has 1 aromatic rings. The van der Waals surface area contributed by atoms with Crippen molar-refractivity contribution < 1.29 is 14.3 Å². The van der Waals surface area contributed by atoms with Gasteiger partial charge in [0, 0.05) is 38.3 Å². The lowest BCUT2D eigenvalue weighted by molar-refractivity contribution is -0.138. The summed E-state index contributed by atoms with van der Waals surface area (Å²) in [7, 11) is 0. The van der Waals surface area contributed by atoms with Crippen molar-refractivity contribution in [2.45, 2.75) is 38.7 Å². The molecule has 0 spiro atoms. The third kappa shape index (κ3) is 4.09. The molecule has 1 N–H and O–H groups in total. The highest BCUT2D eigenvalue weighted by Gasteiger charge is 2.36. The minimum Gasteiger partial charge on any atom is -0.392 e. The van der Waals surface area contributed by atoms with E-state index in [4.69, 9.17) is 0 Å². The number of hydrogen-bond acceptors (Lipinski definition) is 3. The van der Waals surface area contributed by atoms with Crippen LogP contribution in [0.2, 0.25) is 0 Å². The van der Waals surface area contributed by atoms with Crippen LogP contribution in [0.1, 0.15) is 32.8 Å². The van der Waals surface area contributed by atoms with Crippen LogP contribution in [0.25, 0.3) is 0 Å². The second kappa shape index (κ2) is 7.41. The van der Waals surface area contributed by atoms with Gasteiger partial charge in [0.2, 0.25) is 5.91 Å². The number of rotatable bonds is 5. The maximum atomic E-state index is 14.1. The van der Waals surface area contributed by atoms with Crippen molar-refractivity contribution in [2.75, 3.05) is 32.7 Å². The van der Waals surface area contributed by atoms with Gasteiger partial charge in [-0.2, -0.15) is 0 Å². The van der Waals surface area contributed by atoms with Crippen molar-refractivity contribution in [3.05, 3.63) is 35.6 Å². The van der Waals surface area contributed by atoms with Gasteiger partial charge in [0.25, 0.3) is 0 Å². The Kier molecular flexibility index (Phi) is 5.76. The van der Waals surface area contributed by atoms with Gasteiger partial charge in [-0.3, -0.25) is 9.69 Å². The zero-order chi connectivity index (χ0) is 17.0. The predicted octanol–water partition coefficient (Wildman–Crippen LogP) is 2.02. The average molecular weight is 322 g/mol. The minimum absolute atomic E-state index is 0.0433. The summed E-state index contributed by atoms with van der Waals surface area (Å²) in [4.78, 5) is 16.8. The molecular weight excluding hydrogens is 295 g/mol. The Balaban J connectivity index is 2.00. The lowest BCUT2D eigenvalue weighted by Gasteiger charge is -2.39. The molecule has 5 heteroatoms. The highest BCUT2D eigenvalue weighted by molar-refractivity contribution is 5.87. The van der Waals surface area contributed by atoms with Crippen molar-refractivity contribution in [2.24, 2.45) is 0 Å². The third-order valence-corrected chi connectivity index (χ3v) is 4.68. The zero-order valence-electron chi connectivity index (χ0n) is 14.3. The van der Waals surface area contributed by atoms with E-state index in [9.17, 15) is 14.3 Å². The highest BCUT2D eigenvalue weighted by atomic mass is 19.1. The topological polar surface area (TPSA) is 43.8 Å². The second-order valence-corrected chi connectivity index (χ2v) is 6.76. The lowest BCUT2D eigenvalue weighted by Crippen LogP contribution is -2.54. The number of piperazine rings is 1. The number of aliphatic hydroxyl groups excluding tert-OH is 1. The maximum absolute atomic E-state index is 14.1. The average Bonchev–Trinajstić information content (AvgIpc) is 2.55. The van der Waals surface area contributed by atoms with Crippen molar-refractivity contribution in [1.29, 1.82) is 0 Å². The fourth-order valence-corrected chi connectivity index (χ4v) is 3.04. The Morgan fingerprint density at radius 2 is 1.87 bits per heavy atom. The Hall–Kier alpha value is -1.46. The molecule has 23 heavy (non-hydrogen) atoms. The summed E-state index contributed by atoms with van der Waals surface area (Å²) in [6.45, 7) is 8.89. The first-order valence-electron chi connectivity index (χ1n) is 8.31. The van der Waals surface area contributed by atoms with Crippen molar-refractivity contribution in [3.8, 4) is 0 Å². The van der Waals surface area contributed by atoms with Crippen LogP contribution in [-0.4, -0.2) is 59.6 Å². The summed E-state index contributed by atoms with van der Waals surface area (Å²) in [5.41, 5.74) is -0.440. The molecule has 0 bridgehead atoms. The molecule has 0 aromatic heterocycles. The molecule has 1 amide bonds. The van der Waals surface area contributed by atoms with E-state index in [0.29, 0.717) is 25.2 Å². The number of β-amino-alcohol motifs (C(OH)–C–C–N with tert-alkyl or cyclic N) is 1. The summed E-state index contributed by atoms with van der Waals surface area (Å²) < 4.78 is 14.1. The van der Waals surface area contributed by atoms with Crippen molar-refractivity contribution >= 4 is 5.91 Å². The smallest absolute Gasteiger partial charge is 0.232 e. The van der Waals surface area contributed by atoms with Crippen molar-refractivity contribution in [3.63, 3.8) is 0 Å². The highest BCUT2D eigenvalue weighted by Crippen LogP contribution is 2.28. The van der Waals surface area contributed by atoms with E-state index in [1.165, 1.54) is 6.07 Å². The molecule has 1 aliphatic rings. The first kappa shape index (κ1) is 17.9. The fraction of sp³-hybridized carbons (Fsp3) is 0.611. The summed E-state index contributed by atoms with van der Waals surface area (Å²) >= 11 is 0. The van der Waals surface area contributed by atoms with E-state index < -0.39 is 5.41 Å². The van der Waals surface area contributed by atoms with Gasteiger partial charge in [-0.25, -0.2) is 4.39 Å². The van der Waals surface area contributed by atoms with Gasteiger partial charge < -0.3 is 10.0 Å². The quantitative estimate of drug-likeness (QED) is 0.902. The van der Waals surface area contributed by atoms with E-state index in [0.717, 1.165) is 19.5 Å². The van der Waals surface area contributed by atoms with E-state index in [-0.39, 0.29) is 17.8 Å². The van der Waals surface area contributed by atoms with Crippen LogP contribution in [0.3, 0.4) is 0 Å². The van der Waals surface area contributed by atoms with Crippen LogP contribution in [0.4, 0.5) is 4.39 Å². The van der Waals surface area contributed by atoms with Crippen LogP contribution in [0.5, 0.6) is 0 Å². The largest absolute Gasteiger partial charge is 0.392 e. The lowest BCUT2D eigenvalue weighted by atomic mass is 9.82. The zero-order valence-corrected chi connectivity index (χ0v) is 14.3. The SMILES string of the molecule is CCC(O)CN1CCN(C(=O)C(C)(C)c2ccccc2F)CC1. The van der Waals surface area contributed by atoms with E-state index in [2.05, 4.69) is 4.90 Å². The molecule has 2 rings (SSSR count). The molecule has 1 aliphatic heterocycles. The first-order chi connectivity index (χ1) is 10.9. The number of nitrogens with zero attached hydrogens (tertiary/aromatic N) is 2. The molecule has 4 nitrogen and oxygen atoms in total. The molecule has 1 aromatic carbocycles. The first-order valence-corrected chi connectivity index (χ1v) is 8.31. The molecule has 1 unspecified atom stereocenters. The molecule has 0 aliphatic carbocycles. The van der Waals surface area contributed by atoms with Gasteiger partial charge in [0.15, 0.2) is 0 Å². The fourth-order valence-electron chi connectivity index (χ4n) is 3.04. The molecule has 0 saturated carbocycles. The molecule has 1 saturated heterocycles. The van der Waals surface area contributed by atoms with E-state index in [1.54, 1.807) is 36.9 Å². The van der Waals surface area contributed by atoms with Crippen LogP contribution < -0.4 is 0 Å². The number of benzene rings is 1. The standard InChI is InChI=1S/C18H27FN2O2/c1-4-14(22)13-20-9-11-21(12-10-20)17(23)18(2,3)15-7-5-6-8-16(15)19/h5-8,14,22H,4,9-13H2,1-3H3. The number of carbonyl (C=O) groups is 1. The van der Waals surface area contributed by atoms with E-state index >= 15 is 0 Å². The number of carbonyl (C=O) groups excluding carboxylic acids is 1. The molecular formula is C18H27FN2O2. The Morgan fingerprint density at radius 1 is 1.26 bits per heavy atom. The predicted molar refractivity (Wildman–Crippen MR) is 88.7 cm³/mol. The van der Waals surface area contributed by atoms with Crippen LogP contribution >= 0.6 is 0 Å². The molecule has 1 atom stereocenters. The summed E-state index contributed by atoms with van der Waals surface area (Å²) in [6, 6.07) is 6.48. The monoisotopic (exact) mass is 322 g/mol. The summed E-state index contributed by atoms with van der Waals surface area (Å²) in [5, 5.41) is 9.73. The molecule has 128 valence electrons. The van der Waals surface area contributed by atoms with Crippen LogP contribution in [0.15, 0.2) is 24.3 Å². The van der Waals surface area contributed by atoms with Gasteiger partial charge in [0.05, 0.1) is 11.5 Å². The number of amides is 1. The van der Waals surface area contributed by atoms with Gasteiger partial charge in [-0.05, 0) is 26.3 Å². The maximum Gasteiger partial charge on any atom is 0.232 e. The summed E-state index contributed by atoms with van der Waals surface area (Å²) in [6.07, 6.45) is 0.423. The summed E-state index contributed by atoms with van der Waals surface area (Å²) in [5.74, 6) is -0.381. The number of aliphatic hydroxyl groups is 1. The van der Waals surface area contributed by atoms with Gasteiger partial charge in [-0.1, -0.05) is 25.1 Å². The van der Waals surface area contributed by atoms with Gasteiger partial charge in [0.1, 0.15) is 5.82 Å².